The van der Waals surface area contributed by atoms with Crippen LogP contribution in [-0.2, 0) is 4.74 Å². The average molecular weight is 174 g/mol. The molecule has 0 aliphatic rings. The predicted octanol–water partition coefficient (Wildman–Crippen LogP) is 1.80. The third-order valence-electron chi connectivity index (χ3n) is 2.92. The second-order valence-corrected chi connectivity index (χ2v) is 3.88. The molecule has 0 N–H and O–H groups in total. The van der Waals surface area contributed by atoms with Gasteiger partial charge in [0.2, 0.25) is 0 Å². The molecule has 72 valence electrons. The van der Waals surface area contributed by atoms with Gasteiger partial charge < -0.3 is 4.74 Å². The monoisotopic (exact) mass is 174 g/mol. The highest BCUT2D eigenvalue weighted by molar-refractivity contribution is 4.94. The van der Waals surface area contributed by atoms with Crippen LogP contribution < -0.4 is 0 Å². The molecule has 4 nitrogen and oxygen atoms in total. The Balaban J connectivity index is 4.69. The van der Waals surface area contributed by atoms with Gasteiger partial charge in [-0.2, -0.15) is 0 Å². The lowest BCUT2D eigenvalue weighted by Gasteiger charge is -2.43. The first-order valence-electron chi connectivity index (χ1n) is 3.92. The number of hydrogen-bond acceptors (Lipinski definition) is 3. The molecule has 0 rings (SSSR count). The first kappa shape index (κ1) is 11.4. The molecule has 0 aromatic rings. The van der Waals surface area contributed by atoms with Gasteiger partial charge in [-0.1, -0.05) is 0 Å². The van der Waals surface area contributed by atoms with Crippen LogP contribution in [0.25, 0.3) is 0 Å². The number of likely N-dealkylation sites (N-methyl/N-ethyl adjacent to an activating group) is 1. The molecule has 0 aliphatic heterocycles. The Morgan fingerprint density at radius 2 is 1.67 bits per heavy atom. The predicted molar refractivity (Wildman–Crippen MR) is 48.7 cm³/mol. The van der Waals surface area contributed by atoms with Gasteiger partial charge in [-0.05, 0) is 27.7 Å². The van der Waals surface area contributed by atoms with Crippen molar-refractivity contribution < 1.29 is 4.74 Å². The van der Waals surface area contributed by atoms with Crippen LogP contribution in [0.15, 0.2) is 5.29 Å². The minimum Gasteiger partial charge on any atom is -0.376 e. The molecule has 0 saturated heterocycles. The molecule has 0 aromatic carbocycles. The Hall–Kier alpha value is -0.640. The van der Waals surface area contributed by atoms with Gasteiger partial charge >= 0.3 is 0 Å². The molecule has 0 saturated carbocycles. The summed E-state index contributed by atoms with van der Waals surface area (Å²) in [5.74, 6) is 0. The van der Waals surface area contributed by atoms with E-state index >= 15 is 0 Å². The fourth-order valence-electron chi connectivity index (χ4n) is 0.741. The zero-order valence-corrected chi connectivity index (χ0v) is 8.71. The summed E-state index contributed by atoms with van der Waals surface area (Å²) < 4.78 is 5.28. The Morgan fingerprint density at radius 3 is 1.92 bits per heavy atom. The lowest BCUT2D eigenvalue weighted by Crippen LogP contribution is -2.55. The van der Waals surface area contributed by atoms with E-state index in [-0.39, 0.29) is 0 Å². The largest absolute Gasteiger partial charge is 0.376 e. The lowest BCUT2D eigenvalue weighted by atomic mass is 9.85. The maximum Gasteiger partial charge on any atom is 0.0865 e. The van der Waals surface area contributed by atoms with Crippen molar-refractivity contribution in [3.05, 3.63) is 4.91 Å². The van der Waals surface area contributed by atoms with Gasteiger partial charge in [0.1, 0.15) is 0 Å². The van der Waals surface area contributed by atoms with Gasteiger partial charge in [-0.15, -0.1) is 4.91 Å². The molecule has 0 atom stereocenters. The van der Waals surface area contributed by atoms with Crippen LogP contribution in [0.5, 0.6) is 0 Å². The van der Waals surface area contributed by atoms with Gasteiger partial charge in [-0.3, -0.25) is 5.01 Å². The van der Waals surface area contributed by atoms with E-state index < -0.39 is 11.1 Å². The van der Waals surface area contributed by atoms with E-state index in [1.807, 2.05) is 27.7 Å². The Kier molecular flexibility index (Phi) is 3.21. The van der Waals surface area contributed by atoms with Crippen LogP contribution in [0.1, 0.15) is 27.7 Å². The summed E-state index contributed by atoms with van der Waals surface area (Å²) in [7, 11) is 3.27. The molecule has 0 spiro atoms. The van der Waals surface area contributed by atoms with Crippen LogP contribution in [0.2, 0.25) is 0 Å². The van der Waals surface area contributed by atoms with Gasteiger partial charge in [-0.25, -0.2) is 0 Å². The molecule has 0 radical (unpaired) electrons. The van der Waals surface area contributed by atoms with E-state index in [0.717, 1.165) is 0 Å². The molecular formula is C8H18N2O2. The fraction of sp³-hybridized carbons (Fsp3) is 1.00. The quantitative estimate of drug-likeness (QED) is 0.482. The molecule has 12 heavy (non-hydrogen) atoms. The van der Waals surface area contributed by atoms with Crippen LogP contribution in [0, 0.1) is 4.91 Å². The minimum atomic E-state index is -0.413. The number of ether oxygens (including phenoxy) is 1. The minimum absolute atomic E-state index is 0.407. The molecule has 0 bridgehead atoms. The maximum atomic E-state index is 10.3. The highest BCUT2D eigenvalue weighted by atomic mass is 16.5. The zero-order valence-electron chi connectivity index (χ0n) is 8.71. The molecule has 0 amide bonds. The van der Waals surface area contributed by atoms with Crippen molar-refractivity contribution in [3.63, 3.8) is 0 Å². The molecule has 0 aromatic heterocycles. The number of nitrogens with zero attached hydrogens (tertiary/aromatic N) is 2. The summed E-state index contributed by atoms with van der Waals surface area (Å²) >= 11 is 0. The van der Waals surface area contributed by atoms with Gasteiger partial charge in [0.25, 0.3) is 0 Å². The van der Waals surface area contributed by atoms with E-state index in [0.29, 0.717) is 0 Å². The molecule has 0 aliphatic carbocycles. The van der Waals surface area contributed by atoms with Crippen molar-refractivity contribution in [2.24, 2.45) is 5.29 Å². The molecular weight excluding hydrogens is 156 g/mol. The van der Waals surface area contributed by atoms with Crippen molar-refractivity contribution in [2.45, 2.75) is 38.8 Å². The Bertz CT molecular complexity index is 166. The van der Waals surface area contributed by atoms with Gasteiger partial charge in [0.15, 0.2) is 0 Å². The first-order valence-corrected chi connectivity index (χ1v) is 3.92. The van der Waals surface area contributed by atoms with E-state index in [1.54, 1.807) is 14.2 Å². The second-order valence-electron chi connectivity index (χ2n) is 3.88. The van der Waals surface area contributed by atoms with Crippen molar-refractivity contribution in [1.29, 1.82) is 0 Å². The SMILES string of the molecule is COC(C)(C)C(C)(C)N(C)N=O. The summed E-state index contributed by atoms with van der Waals surface area (Å²) in [6, 6.07) is 0. The van der Waals surface area contributed by atoms with Gasteiger partial charge in [0.05, 0.1) is 16.4 Å². The van der Waals surface area contributed by atoms with E-state index in [1.165, 1.54) is 5.01 Å². The number of hydrogen-bond donors (Lipinski definition) is 0. The summed E-state index contributed by atoms with van der Waals surface area (Å²) in [5, 5.41) is 4.25. The van der Waals surface area contributed by atoms with Crippen molar-refractivity contribution >= 4 is 0 Å². The van der Waals surface area contributed by atoms with Gasteiger partial charge in [0, 0.05) is 14.2 Å². The second kappa shape index (κ2) is 3.39. The first-order chi connectivity index (χ1) is 5.29. The third kappa shape index (κ3) is 1.75. The third-order valence-corrected chi connectivity index (χ3v) is 2.92. The smallest absolute Gasteiger partial charge is 0.0865 e. The highest BCUT2D eigenvalue weighted by Crippen LogP contribution is 2.29. The van der Waals surface area contributed by atoms with Crippen LogP contribution in [0.3, 0.4) is 0 Å². The summed E-state index contributed by atoms with van der Waals surface area (Å²) in [5.41, 5.74) is -0.820. The topological polar surface area (TPSA) is 41.9 Å². The van der Waals surface area contributed by atoms with E-state index in [9.17, 15) is 4.91 Å². The van der Waals surface area contributed by atoms with Crippen LogP contribution in [0.4, 0.5) is 0 Å². The number of methoxy groups -OCH3 is 1. The van der Waals surface area contributed by atoms with Crippen LogP contribution in [-0.4, -0.2) is 30.3 Å². The Morgan fingerprint density at radius 1 is 1.25 bits per heavy atom. The van der Waals surface area contributed by atoms with Crippen molar-refractivity contribution in [2.75, 3.05) is 14.2 Å². The average Bonchev–Trinajstić information content (AvgIpc) is 2.02. The van der Waals surface area contributed by atoms with E-state index in [2.05, 4.69) is 5.29 Å². The number of nitroso groups, excluding NO2 is 1. The summed E-state index contributed by atoms with van der Waals surface area (Å²) in [6.45, 7) is 7.68. The van der Waals surface area contributed by atoms with Crippen molar-refractivity contribution in [3.8, 4) is 0 Å². The molecule has 0 heterocycles. The lowest BCUT2D eigenvalue weighted by molar-refractivity contribution is -0.0908. The maximum absolute atomic E-state index is 10.3. The summed E-state index contributed by atoms with van der Waals surface area (Å²) in [6.07, 6.45) is 0. The zero-order chi connectivity index (χ0) is 9.99. The highest BCUT2D eigenvalue weighted by Gasteiger charge is 2.41. The fourth-order valence-corrected chi connectivity index (χ4v) is 0.741. The van der Waals surface area contributed by atoms with Crippen molar-refractivity contribution in [1.82, 2.24) is 5.01 Å². The van der Waals surface area contributed by atoms with E-state index in [4.69, 9.17) is 4.74 Å². The van der Waals surface area contributed by atoms with Crippen LogP contribution >= 0.6 is 0 Å². The normalized spacial score (nSPS) is 12.8. The Labute approximate surface area is 73.8 Å². The molecule has 0 unspecified atom stereocenters. The molecule has 0 fully saturated rings. The number of rotatable bonds is 4. The molecule has 4 heteroatoms. The summed E-state index contributed by atoms with van der Waals surface area (Å²) in [4.78, 5) is 10.3. The standard InChI is InChI=1S/C8H18N2O2/c1-7(2,10(5)9-11)8(3,4)12-6/h1-6H3.